The fourth-order valence-corrected chi connectivity index (χ4v) is 2.63. The number of ether oxygens (including phenoxy) is 1. The SMILES string of the molecule is Cc1ccc(/C=C\C(=O)O)c(OCc2ccccc2)c1CC(O)C(C)(C)O. The van der Waals surface area contributed by atoms with E-state index in [1.807, 2.05) is 43.3 Å². The van der Waals surface area contributed by atoms with Crippen molar-refractivity contribution in [3.05, 3.63) is 70.8 Å². The lowest BCUT2D eigenvalue weighted by Gasteiger charge is -2.26. The highest BCUT2D eigenvalue weighted by Crippen LogP contribution is 2.32. The molecule has 0 fully saturated rings. The highest BCUT2D eigenvalue weighted by atomic mass is 16.5. The van der Waals surface area contributed by atoms with Crippen molar-refractivity contribution in [2.75, 3.05) is 0 Å². The molecule has 0 heterocycles. The molecule has 0 aliphatic carbocycles. The van der Waals surface area contributed by atoms with E-state index in [2.05, 4.69) is 0 Å². The van der Waals surface area contributed by atoms with Gasteiger partial charge in [0.15, 0.2) is 0 Å². The summed E-state index contributed by atoms with van der Waals surface area (Å²) in [7, 11) is 0. The first-order chi connectivity index (χ1) is 12.7. The van der Waals surface area contributed by atoms with Crippen molar-refractivity contribution >= 4 is 12.0 Å². The molecule has 0 spiro atoms. The lowest BCUT2D eigenvalue weighted by molar-refractivity contribution is -0.131. The molecular weight excluding hydrogens is 344 g/mol. The lowest BCUT2D eigenvalue weighted by Crippen LogP contribution is -2.37. The number of hydrogen-bond acceptors (Lipinski definition) is 4. The Labute approximate surface area is 159 Å². The molecule has 3 N–H and O–H groups in total. The average molecular weight is 370 g/mol. The minimum absolute atomic E-state index is 0.189. The highest BCUT2D eigenvalue weighted by Gasteiger charge is 2.27. The van der Waals surface area contributed by atoms with Crippen LogP contribution in [-0.2, 0) is 17.8 Å². The average Bonchev–Trinajstić information content (AvgIpc) is 2.61. The number of rotatable bonds is 8. The van der Waals surface area contributed by atoms with Crippen molar-refractivity contribution < 1.29 is 24.9 Å². The van der Waals surface area contributed by atoms with Crippen LogP contribution in [0.2, 0.25) is 0 Å². The molecule has 0 bridgehead atoms. The maximum Gasteiger partial charge on any atom is 0.328 e. The summed E-state index contributed by atoms with van der Waals surface area (Å²) < 4.78 is 6.04. The van der Waals surface area contributed by atoms with Crippen LogP contribution in [0.4, 0.5) is 0 Å². The van der Waals surface area contributed by atoms with Gasteiger partial charge in [-0.05, 0) is 38.0 Å². The Morgan fingerprint density at radius 1 is 1.19 bits per heavy atom. The van der Waals surface area contributed by atoms with Crippen LogP contribution < -0.4 is 4.74 Å². The van der Waals surface area contributed by atoms with Crippen molar-refractivity contribution in [2.24, 2.45) is 0 Å². The Bertz CT molecular complexity index is 803. The van der Waals surface area contributed by atoms with Crippen LogP contribution >= 0.6 is 0 Å². The Balaban J connectivity index is 2.42. The van der Waals surface area contributed by atoms with E-state index in [-0.39, 0.29) is 6.42 Å². The summed E-state index contributed by atoms with van der Waals surface area (Å²) in [6.45, 7) is 5.30. The van der Waals surface area contributed by atoms with Crippen LogP contribution in [0.5, 0.6) is 5.75 Å². The molecule has 2 aromatic carbocycles. The topological polar surface area (TPSA) is 87.0 Å². The first-order valence-corrected chi connectivity index (χ1v) is 8.79. The third-order valence-corrected chi connectivity index (χ3v) is 4.37. The number of aliphatic hydroxyl groups excluding tert-OH is 1. The molecule has 144 valence electrons. The molecule has 0 amide bonds. The van der Waals surface area contributed by atoms with Gasteiger partial charge in [0, 0.05) is 23.6 Å². The Morgan fingerprint density at radius 3 is 2.44 bits per heavy atom. The summed E-state index contributed by atoms with van der Waals surface area (Å²) in [6, 6.07) is 13.3. The number of benzene rings is 2. The number of aliphatic carboxylic acids is 1. The minimum atomic E-state index is -1.27. The fraction of sp³-hybridized carbons (Fsp3) is 0.318. The van der Waals surface area contributed by atoms with E-state index < -0.39 is 17.7 Å². The van der Waals surface area contributed by atoms with Gasteiger partial charge in [-0.25, -0.2) is 4.79 Å². The molecule has 27 heavy (non-hydrogen) atoms. The molecule has 0 aromatic heterocycles. The highest BCUT2D eigenvalue weighted by molar-refractivity contribution is 5.86. The van der Waals surface area contributed by atoms with Crippen LogP contribution in [0, 0.1) is 6.92 Å². The van der Waals surface area contributed by atoms with Crippen molar-refractivity contribution in [1.29, 1.82) is 0 Å². The molecule has 1 atom stereocenters. The molecule has 0 saturated carbocycles. The zero-order valence-corrected chi connectivity index (χ0v) is 15.8. The second-order valence-electron chi connectivity index (χ2n) is 7.10. The van der Waals surface area contributed by atoms with Gasteiger partial charge in [-0.2, -0.15) is 0 Å². The molecular formula is C22H26O5. The van der Waals surface area contributed by atoms with Gasteiger partial charge in [-0.1, -0.05) is 42.5 Å². The van der Waals surface area contributed by atoms with Crippen LogP contribution in [0.3, 0.4) is 0 Å². The number of aryl methyl sites for hydroxylation is 1. The van der Waals surface area contributed by atoms with Crippen LogP contribution in [0.25, 0.3) is 6.08 Å². The summed E-state index contributed by atoms with van der Waals surface area (Å²) in [5.74, 6) is -0.540. The standard InChI is InChI=1S/C22H26O5/c1-15-9-10-17(11-12-20(24)25)21(18(15)13-19(23)22(2,3)26)27-14-16-7-5-4-6-8-16/h4-12,19,23,26H,13-14H2,1-3H3,(H,24,25)/b12-11-. The molecule has 0 radical (unpaired) electrons. The Morgan fingerprint density at radius 2 is 1.85 bits per heavy atom. The van der Waals surface area contributed by atoms with Crippen molar-refractivity contribution in [3.8, 4) is 5.75 Å². The first-order valence-electron chi connectivity index (χ1n) is 8.79. The normalized spacial score (nSPS) is 12.9. The molecule has 0 saturated heterocycles. The van der Waals surface area contributed by atoms with Crippen LogP contribution in [0.1, 0.15) is 36.1 Å². The van der Waals surface area contributed by atoms with E-state index in [1.54, 1.807) is 19.9 Å². The van der Waals surface area contributed by atoms with E-state index in [0.29, 0.717) is 17.9 Å². The van der Waals surface area contributed by atoms with E-state index >= 15 is 0 Å². The third kappa shape index (κ3) is 5.94. The Hall–Kier alpha value is -2.63. The van der Waals surface area contributed by atoms with Crippen molar-refractivity contribution in [1.82, 2.24) is 0 Å². The predicted molar refractivity (Wildman–Crippen MR) is 105 cm³/mol. The van der Waals surface area contributed by atoms with Crippen LogP contribution in [-0.4, -0.2) is 33.0 Å². The molecule has 2 aromatic rings. The van der Waals surface area contributed by atoms with Crippen LogP contribution in [0.15, 0.2) is 48.5 Å². The minimum Gasteiger partial charge on any atom is -0.488 e. The van der Waals surface area contributed by atoms with Gasteiger partial charge in [0.25, 0.3) is 0 Å². The van der Waals surface area contributed by atoms with Crippen molar-refractivity contribution in [3.63, 3.8) is 0 Å². The summed E-state index contributed by atoms with van der Waals surface area (Å²) in [5, 5.41) is 29.4. The zero-order valence-electron chi connectivity index (χ0n) is 15.8. The first kappa shape index (κ1) is 20.7. The van der Waals surface area contributed by atoms with Crippen molar-refractivity contribution in [2.45, 2.75) is 45.5 Å². The van der Waals surface area contributed by atoms with Gasteiger partial charge < -0.3 is 20.1 Å². The van der Waals surface area contributed by atoms with E-state index in [9.17, 15) is 15.0 Å². The predicted octanol–water partition coefficient (Wildman–Crippen LogP) is 3.35. The number of carboxylic acid groups (broad SMARTS) is 1. The second-order valence-corrected chi connectivity index (χ2v) is 7.10. The summed E-state index contributed by atoms with van der Waals surface area (Å²) >= 11 is 0. The maximum absolute atomic E-state index is 10.9. The summed E-state index contributed by atoms with van der Waals surface area (Å²) in [6.07, 6.45) is 1.72. The van der Waals surface area contributed by atoms with Gasteiger partial charge in [0.2, 0.25) is 0 Å². The van der Waals surface area contributed by atoms with Gasteiger partial charge in [0.05, 0.1) is 11.7 Å². The molecule has 5 nitrogen and oxygen atoms in total. The number of carboxylic acids is 1. The maximum atomic E-state index is 10.9. The molecule has 2 rings (SSSR count). The van der Waals surface area contributed by atoms with E-state index in [4.69, 9.17) is 9.84 Å². The fourth-order valence-electron chi connectivity index (χ4n) is 2.63. The summed E-state index contributed by atoms with van der Waals surface area (Å²) in [4.78, 5) is 10.9. The van der Waals surface area contributed by atoms with Gasteiger partial charge in [-0.3, -0.25) is 0 Å². The third-order valence-electron chi connectivity index (χ3n) is 4.37. The lowest BCUT2D eigenvalue weighted by atomic mass is 9.91. The molecule has 0 aliphatic rings. The Kier molecular flexibility index (Phi) is 6.77. The number of carbonyl (C=O) groups is 1. The zero-order chi connectivity index (χ0) is 20.0. The van der Waals surface area contributed by atoms with Gasteiger partial charge >= 0.3 is 5.97 Å². The molecule has 0 aliphatic heterocycles. The largest absolute Gasteiger partial charge is 0.488 e. The molecule has 5 heteroatoms. The molecule has 1 unspecified atom stereocenters. The smallest absolute Gasteiger partial charge is 0.328 e. The summed E-state index contributed by atoms with van der Waals surface area (Å²) in [5.41, 5.74) is 1.95. The van der Waals surface area contributed by atoms with Gasteiger partial charge in [0.1, 0.15) is 12.4 Å². The van der Waals surface area contributed by atoms with E-state index in [1.165, 1.54) is 6.08 Å². The second kappa shape index (κ2) is 8.84. The number of hydrogen-bond donors (Lipinski definition) is 3. The number of aliphatic hydroxyl groups is 2. The monoisotopic (exact) mass is 370 g/mol. The van der Waals surface area contributed by atoms with Gasteiger partial charge in [-0.15, -0.1) is 0 Å². The quantitative estimate of drug-likeness (QED) is 0.621. The van der Waals surface area contributed by atoms with E-state index in [0.717, 1.165) is 22.8 Å².